The van der Waals surface area contributed by atoms with Gasteiger partial charge in [0.1, 0.15) is 12.1 Å². The summed E-state index contributed by atoms with van der Waals surface area (Å²) in [7, 11) is 0. The monoisotopic (exact) mass is 381 g/mol. The van der Waals surface area contributed by atoms with E-state index in [1.165, 1.54) is 11.0 Å². The third-order valence-electron chi connectivity index (χ3n) is 4.38. The average molecular weight is 382 g/mol. The summed E-state index contributed by atoms with van der Waals surface area (Å²) < 4.78 is 3.01. The van der Waals surface area contributed by atoms with Crippen LogP contribution in [0.4, 0.5) is 0 Å². The lowest BCUT2D eigenvalue weighted by Crippen LogP contribution is -2.31. The smallest absolute Gasteiger partial charge is 0.275 e. The molecule has 4 aromatic rings. The maximum Gasteiger partial charge on any atom is 0.275 e. The molecule has 0 aliphatic heterocycles. The summed E-state index contributed by atoms with van der Waals surface area (Å²) in [6.45, 7) is 0.277. The molecule has 27 heavy (non-hydrogen) atoms. The largest absolute Gasteiger partial charge is 0.506 e. The molecule has 4 rings (SSSR count). The summed E-state index contributed by atoms with van der Waals surface area (Å²) in [5, 5.41) is 11.5. The van der Waals surface area contributed by atoms with Gasteiger partial charge in [0.2, 0.25) is 0 Å². The third-order valence-corrected chi connectivity index (χ3v) is 4.69. The number of hydrogen-bond donors (Lipinski definition) is 2. The highest BCUT2D eigenvalue weighted by Gasteiger charge is 2.21. The molecule has 3 heterocycles. The summed E-state index contributed by atoms with van der Waals surface area (Å²) in [6, 6.07) is 8.68. The van der Waals surface area contributed by atoms with Crippen LogP contribution in [0.3, 0.4) is 0 Å². The quantitative estimate of drug-likeness (QED) is 0.565. The van der Waals surface area contributed by atoms with Crippen LogP contribution in [0.25, 0.3) is 22.2 Å². The third kappa shape index (κ3) is 2.77. The number of nitrogens with zero attached hydrogens (tertiary/aromatic N) is 4. The molecule has 0 saturated carbocycles. The van der Waals surface area contributed by atoms with Gasteiger partial charge in [-0.3, -0.25) is 4.79 Å². The number of para-hydroxylation sites is 1. The zero-order valence-electron chi connectivity index (χ0n) is 14.2. The van der Waals surface area contributed by atoms with E-state index < -0.39 is 0 Å². The molecule has 0 unspecified atom stereocenters. The van der Waals surface area contributed by atoms with Crippen molar-refractivity contribution in [1.29, 1.82) is 0 Å². The van der Waals surface area contributed by atoms with Crippen molar-refractivity contribution in [3.05, 3.63) is 76.2 Å². The first kappa shape index (κ1) is 17.3. The first-order valence-electron chi connectivity index (χ1n) is 8.32. The first-order valence-corrected chi connectivity index (χ1v) is 8.70. The second-order valence-corrected chi connectivity index (χ2v) is 6.37. The molecule has 0 fully saturated rings. The summed E-state index contributed by atoms with van der Waals surface area (Å²) in [5.41, 5.74) is 7.48. The number of imidazole rings is 1. The Kier molecular flexibility index (Phi) is 4.39. The molecule has 0 bridgehead atoms. The summed E-state index contributed by atoms with van der Waals surface area (Å²) in [5.74, 6) is -0.0811. The van der Waals surface area contributed by atoms with Crippen LogP contribution in [-0.2, 0) is 6.42 Å². The molecule has 8 heteroatoms. The van der Waals surface area contributed by atoms with Gasteiger partial charge >= 0.3 is 0 Å². The van der Waals surface area contributed by atoms with Crippen molar-refractivity contribution < 1.29 is 5.11 Å². The van der Waals surface area contributed by atoms with E-state index in [0.29, 0.717) is 34.1 Å². The Bertz CT molecular complexity index is 1180. The van der Waals surface area contributed by atoms with Crippen LogP contribution in [0.2, 0.25) is 5.02 Å². The molecular formula is C19H16ClN5O2. The number of fused-ring (bicyclic) bond motifs is 1. The van der Waals surface area contributed by atoms with Gasteiger partial charge in [0.05, 0.1) is 5.02 Å². The summed E-state index contributed by atoms with van der Waals surface area (Å²) in [6.07, 6.45) is 6.72. The molecule has 0 saturated heterocycles. The zero-order valence-corrected chi connectivity index (χ0v) is 15.0. The lowest BCUT2D eigenvalue weighted by atomic mass is 9.95. The molecule has 0 spiro atoms. The molecule has 0 amide bonds. The van der Waals surface area contributed by atoms with Crippen LogP contribution >= 0.6 is 11.6 Å². The minimum Gasteiger partial charge on any atom is -0.506 e. The molecule has 0 atom stereocenters. The van der Waals surface area contributed by atoms with E-state index in [4.69, 9.17) is 17.3 Å². The molecule has 3 N–H and O–H groups in total. The van der Waals surface area contributed by atoms with Gasteiger partial charge in [0.15, 0.2) is 5.65 Å². The van der Waals surface area contributed by atoms with Crippen LogP contribution in [0.5, 0.6) is 5.75 Å². The maximum absolute atomic E-state index is 13.4. The molecule has 0 aliphatic carbocycles. The van der Waals surface area contributed by atoms with Gasteiger partial charge in [-0.25, -0.2) is 14.6 Å². The Morgan fingerprint density at radius 3 is 2.78 bits per heavy atom. The van der Waals surface area contributed by atoms with Crippen molar-refractivity contribution >= 4 is 22.6 Å². The fourth-order valence-electron chi connectivity index (χ4n) is 3.24. The standard InChI is InChI=1S/C19H16ClN5O2/c20-15-5-1-3-12(17(15)26)16-13-4-2-8-23-18(13)25(24-10-9-22-11-24)19(27)14(16)6-7-21/h1-5,8-11,26H,6-7,21H2. The fourth-order valence-corrected chi connectivity index (χ4v) is 3.41. The highest BCUT2D eigenvalue weighted by Crippen LogP contribution is 2.39. The first-order chi connectivity index (χ1) is 13.1. The van der Waals surface area contributed by atoms with E-state index in [0.717, 1.165) is 0 Å². The second-order valence-electron chi connectivity index (χ2n) is 5.96. The van der Waals surface area contributed by atoms with Gasteiger partial charge in [-0.1, -0.05) is 23.7 Å². The van der Waals surface area contributed by atoms with Gasteiger partial charge in [-0.15, -0.1) is 0 Å². The minimum absolute atomic E-state index is 0.0811. The Morgan fingerprint density at radius 2 is 2.04 bits per heavy atom. The van der Waals surface area contributed by atoms with Crippen LogP contribution in [-0.4, -0.2) is 31.0 Å². The Hall–Kier alpha value is -3.16. The number of rotatable bonds is 4. The summed E-state index contributed by atoms with van der Waals surface area (Å²) in [4.78, 5) is 21.8. The predicted octanol–water partition coefficient (Wildman–Crippen LogP) is 2.43. The number of aromatic nitrogens is 4. The Morgan fingerprint density at radius 1 is 1.19 bits per heavy atom. The number of pyridine rings is 2. The lowest BCUT2D eigenvalue weighted by Gasteiger charge is -2.18. The van der Waals surface area contributed by atoms with Gasteiger partial charge < -0.3 is 10.8 Å². The number of halogens is 1. The van der Waals surface area contributed by atoms with E-state index in [1.807, 2.05) is 6.07 Å². The van der Waals surface area contributed by atoms with Crippen LogP contribution < -0.4 is 11.3 Å². The summed E-state index contributed by atoms with van der Waals surface area (Å²) >= 11 is 6.11. The molecule has 3 aromatic heterocycles. The number of aromatic hydroxyl groups is 1. The van der Waals surface area contributed by atoms with Crippen LogP contribution in [0.1, 0.15) is 5.56 Å². The van der Waals surface area contributed by atoms with E-state index in [9.17, 15) is 9.90 Å². The maximum atomic E-state index is 13.4. The van der Waals surface area contributed by atoms with Crippen LogP contribution in [0.15, 0.2) is 60.0 Å². The van der Waals surface area contributed by atoms with Crippen molar-refractivity contribution in [3.8, 4) is 16.9 Å². The molecule has 0 aliphatic rings. The van der Waals surface area contributed by atoms with Crippen molar-refractivity contribution in [1.82, 2.24) is 19.3 Å². The Labute approximate surface area is 159 Å². The fraction of sp³-hybridized carbons (Fsp3) is 0.105. The molecule has 136 valence electrons. The van der Waals surface area contributed by atoms with E-state index in [1.54, 1.807) is 47.5 Å². The molecular weight excluding hydrogens is 366 g/mol. The molecule has 1 aromatic carbocycles. The van der Waals surface area contributed by atoms with Gasteiger partial charge in [-0.05, 0) is 31.2 Å². The number of phenolic OH excluding ortho intramolecular Hbond substituents is 1. The predicted molar refractivity (Wildman–Crippen MR) is 104 cm³/mol. The zero-order chi connectivity index (χ0) is 19.0. The van der Waals surface area contributed by atoms with E-state index >= 15 is 0 Å². The normalized spacial score (nSPS) is 11.2. The number of phenols is 1. The van der Waals surface area contributed by atoms with Crippen molar-refractivity contribution in [2.24, 2.45) is 5.73 Å². The van der Waals surface area contributed by atoms with Crippen molar-refractivity contribution in [2.45, 2.75) is 6.42 Å². The lowest BCUT2D eigenvalue weighted by molar-refractivity contribution is 0.477. The molecule has 0 radical (unpaired) electrons. The van der Waals surface area contributed by atoms with Crippen LogP contribution in [0, 0.1) is 0 Å². The molecule has 7 nitrogen and oxygen atoms in total. The highest BCUT2D eigenvalue weighted by molar-refractivity contribution is 6.32. The second kappa shape index (κ2) is 6.86. The van der Waals surface area contributed by atoms with Crippen molar-refractivity contribution in [3.63, 3.8) is 0 Å². The highest BCUT2D eigenvalue weighted by atomic mass is 35.5. The average Bonchev–Trinajstić information content (AvgIpc) is 3.19. The number of nitrogens with two attached hydrogens (primary N) is 1. The number of benzene rings is 1. The number of hydrogen-bond acceptors (Lipinski definition) is 5. The Balaban J connectivity index is 2.20. The van der Waals surface area contributed by atoms with Crippen molar-refractivity contribution in [2.75, 3.05) is 6.54 Å². The van der Waals surface area contributed by atoms with Gasteiger partial charge in [0, 0.05) is 40.7 Å². The van der Waals surface area contributed by atoms with Gasteiger partial charge in [0.25, 0.3) is 5.56 Å². The van der Waals surface area contributed by atoms with E-state index in [2.05, 4.69) is 9.97 Å². The van der Waals surface area contributed by atoms with E-state index in [-0.39, 0.29) is 22.9 Å². The van der Waals surface area contributed by atoms with Gasteiger partial charge in [-0.2, -0.15) is 4.68 Å². The SMILES string of the molecule is NCCc1c(-c2cccc(Cl)c2O)c2cccnc2n(-n2ccnc2)c1=O. The minimum atomic E-state index is -0.279. The topological polar surface area (TPSA) is 99.0 Å².